The highest BCUT2D eigenvalue weighted by molar-refractivity contribution is 7.19. The van der Waals surface area contributed by atoms with E-state index in [4.69, 9.17) is 15.1 Å². The van der Waals surface area contributed by atoms with Gasteiger partial charge in [0.05, 0.1) is 5.39 Å². The third-order valence-electron chi connectivity index (χ3n) is 8.14. The average molecular weight is 379 g/mol. The maximum Gasteiger partial charge on any atom is 0.167 e. The van der Waals surface area contributed by atoms with Crippen molar-refractivity contribution in [1.82, 2.24) is 19.6 Å². The molecule has 5 aliphatic rings. The van der Waals surface area contributed by atoms with Crippen molar-refractivity contribution in [3.8, 4) is 0 Å². The lowest BCUT2D eigenvalue weighted by Crippen LogP contribution is -2.49. The fourth-order valence-electron chi connectivity index (χ4n) is 7.35. The SMILES string of the molecule is CC1CCc2c(sc3ncn4nc(C56CC7CC(CC(C7)C5)C6)nc4c23)C1. The van der Waals surface area contributed by atoms with Crippen LogP contribution in [0.3, 0.4) is 0 Å². The van der Waals surface area contributed by atoms with E-state index in [1.165, 1.54) is 73.6 Å². The fourth-order valence-corrected chi connectivity index (χ4v) is 8.69. The number of hydrogen-bond acceptors (Lipinski definition) is 4. The molecular weight excluding hydrogens is 352 g/mol. The van der Waals surface area contributed by atoms with Crippen LogP contribution < -0.4 is 0 Å². The molecule has 0 N–H and O–H groups in total. The lowest BCUT2D eigenvalue weighted by molar-refractivity contribution is -0.00926. The third-order valence-corrected chi connectivity index (χ3v) is 9.31. The van der Waals surface area contributed by atoms with Gasteiger partial charge in [-0.2, -0.15) is 0 Å². The summed E-state index contributed by atoms with van der Waals surface area (Å²) in [5.74, 6) is 4.71. The maximum absolute atomic E-state index is 5.25. The molecule has 5 heteroatoms. The molecule has 3 aromatic rings. The van der Waals surface area contributed by atoms with Crippen LogP contribution in [0.4, 0.5) is 0 Å². The molecule has 3 aromatic heterocycles. The van der Waals surface area contributed by atoms with E-state index in [9.17, 15) is 0 Å². The van der Waals surface area contributed by atoms with E-state index in [2.05, 4.69) is 6.92 Å². The van der Waals surface area contributed by atoms with Crippen molar-refractivity contribution in [2.24, 2.45) is 23.7 Å². The first-order valence-corrected chi connectivity index (χ1v) is 11.6. The Kier molecular flexibility index (Phi) is 2.92. The summed E-state index contributed by atoms with van der Waals surface area (Å²) in [4.78, 5) is 12.7. The Morgan fingerprint density at radius 3 is 2.59 bits per heavy atom. The number of hydrogen-bond donors (Lipinski definition) is 0. The topological polar surface area (TPSA) is 43.1 Å². The molecule has 4 bridgehead atoms. The predicted octanol–water partition coefficient (Wildman–Crippen LogP) is 4.93. The molecule has 0 amide bonds. The number of aryl methyl sites for hydroxylation is 1. The highest BCUT2D eigenvalue weighted by atomic mass is 32.1. The minimum Gasteiger partial charge on any atom is -0.225 e. The second-order valence-corrected chi connectivity index (χ2v) is 11.3. The van der Waals surface area contributed by atoms with E-state index in [-0.39, 0.29) is 5.41 Å². The van der Waals surface area contributed by atoms with E-state index in [0.29, 0.717) is 0 Å². The Hall–Kier alpha value is -1.49. The number of aromatic nitrogens is 4. The van der Waals surface area contributed by atoms with Crippen LogP contribution in [0.15, 0.2) is 6.33 Å². The number of thiophene rings is 1. The van der Waals surface area contributed by atoms with Gasteiger partial charge in [0.25, 0.3) is 0 Å². The van der Waals surface area contributed by atoms with E-state index in [1.54, 1.807) is 4.88 Å². The Bertz CT molecular complexity index is 1040. The molecule has 3 heterocycles. The molecule has 27 heavy (non-hydrogen) atoms. The van der Waals surface area contributed by atoms with Crippen LogP contribution in [0.2, 0.25) is 0 Å². The van der Waals surface area contributed by atoms with Crippen LogP contribution in [0.25, 0.3) is 15.9 Å². The zero-order valence-electron chi connectivity index (χ0n) is 15.9. The zero-order valence-corrected chi connectivity index (χ0v) is 16.8. The Balaban J connectivity index is 1.42. The lowest BCUT2D eigenvalue weighted by Gasteiger charge is -2.55. The van der Waals surface area contributed by atoms with Crippen LogP contribution >= 0.6 is 11.3 Å². The maximum atomic E-state index is 5.25. The molecule has 4 saturated carbocycles. The summed E-state index contributed by atoms with van der Waals surface area (Å²) in [7, 11) is 0. The first-order chi connectivity index (χ1) is 13.2. The van der Waals surface area contributed by atoms with Crippen molar-refractivity contribution in [1.29, 1.82) is 0 Å². The smallest absolute Gasteiger partial charge is 0.167 e. The summed E-state index contributed by atoms with van der Waals surface area (Å²) in [6, 6.07) is 0. The van der Waals surface area contributed by atoms with Crippen molar-refractivity contribution < 1.29 is 0 Å². The number of fused-ring (bicyclic) bond motifs is 5. The Labute approximate surface area is 163 Å². The van der Waals surface area contributed by atoms with Gasteiger partial charge < -0.3 is 0 Å². The minimum absolute atomic E-state index is 0.262. The summed E-state index contributed by atoms with van der Waals surface area (Å²) in [6.07, 6.45) is 14.0. The summed E-state index contributed by atoms with van der Waals surface area (Å²) < 4.78 is 2.00. The normalized spacial score (nSPS) is 37.4. The third kappa shape index (κ3) is 2.07. The minimum atomic E-state index is 0.262. The van der Waals surface area contributed by atoms with E-state index in [1.807, 2.05) is 22.2 Å². The molecule has 0 spiro atoms. The van der Waals surface area contributed by atoms with Gasteiger partial charge in [-0.1, -0.05) is 6.92 Å². The van der Waals surface area contributed by atoms with Crippen LogP contribution in [-0.2, 0) is 18.3 Å². The van der Waals surface area contributed by atoms with Gasteiger partial charge in [-0.05, 0) is 87.0 Å². The quantitative estimate of drug-likeness (QED) is 0.603. The van der Waals surface area contributed by atoms with Crippen molar-refractivity contribution in [2.45, 2.75) is 70.1 Å². The van der Waals surface area contributed by atoms with Crippen molar-refractivity contribution >= 4 is 27.2 Å². The van der Waals surface area contributed by atoms with Gasteiger partial charge in [0.2, 0.25) is 0 Å². The van der Waals surface area contributed by atoms with E-state index < -0.39 is 0 Å². The van der Waals surface area contributed by atoms with Crippen LogP contribution in [0, 0.1) is 23.7 Å². The van der Waals surface area contributed by atoms with Gasteiger partial charge in [0.1, 0.15) is 11.2 Å². The molecular formula is C22H26N4S. The zero-order chi connectivity index (χ0) is 17.8. The molecule has 4 fully saturated rings. The molecule has 8 rings (SSSR count). The number of nitrogens with zero attached hydrogens (tertiary/aromatic N) is 4. The van der Waals surface area contributed by atoms with Gasteiger partial charge in [-0.15, -0.1) is 16.4 Å². The second kappa shape index (κ2) is 5.11. The van der Waals surface area contributed by atoms with Crippen molar-refractivity contribution in [2.75, 3.05) is 0 Å². The molecule has 5 aliphatic carbocycles. The van der Waals surface area contributed by atoms with E-state index >= 15 is 0 Å². The first kappa shape index (κ1) is 15.4. The number of rotatable bonds is 1. The Morgan fingerprint density at radius 2 is 1.85 bits per heavy atom. The monoisotopic (exact) mass is 378 g/mol. The first-order valence-electron chi connectivity index (χ1n) is 10.8. The molecule has 0 aromatic carbocycles. The predicted molar refractivity (Wildman–Crippen MR) is 107 cm³/mol. The van der Waals surface area contributed by atoms with Crippen LogP contribution in [0.5, 0.6) is 0 Å². The lowest BCUT2D eigenvalue weighted by atomic mass is 9.49. The van der Waals surface area contributed by atoms with Crippen LogP contribution in [0.1, 0.15) is 68.1 Å². The van der Waals surface area contributed by atoms with Gasteiger partial charge in [-0.3, -0.25) is 0 Å². The molecule has 1 unspecified atom stereocenters. The van der Waals surface area contributed by atoms with Gasteiger partial charge in [-0.25, -0.2) is 14.5 Å². The molecule has 1 atom stereocenters. The molecule has 0 aliphatic heterocycles. The highest BCUT2D eigenvalue weighted by Gasteiger charge is 2.53. The van der Waals surface area contributed by atoms with Crippen molar-refractivity contribution in [3.05, 3.63) is 22.6 Å². The second-order valence-electron chi connectivity index (χ2n) is 10.2. The fraction of sp³-hybridized carbons (Fsp3) is 0.682. The van der Waals surface area contributed by atoms with Crippen molar-refractivity contribution in [3.63, 3.8) is 0 Å². The summed E-state index contributed by atoms with van der Waals surface area (Å²) in [6.45, 7) is 2.37. The van der Waals surface area contributed by atoms with E-state index in [0.717, 1.165) is 35.1 Å². The average Bonchev–Trinajstić information content (AvgIpc) is 3.21. The summed E-state index contributed by atoms with van der Waals surface area (Å²) in [5.41, 5.74) is 2.87. The molecule has 0 radical (unpaired) electrons. The Morgan fingerprint density at radius 1 is 1.11 bits per heavy atom. The van der Waals surface area contributed by atoms with Crippen LogP contribution in [-0.4, -0.2) is 19.6 Å². The summed E-state index contributed by atoms with van der Waals surface area (Å²) in [5, 5.41) is 6.36. The van der Waals surface area contributed by atoms with Gasteiger partial charge >= 0.3 is 0 Å². The summed E-state index contributed by atoms with van der Waals surface area (Å²) >= 11 is 1.89. The van der Waals surface area contributed by atoms with Gasteiger partial charge in [0.15, 0.2) is 11.5 Å². The largest absolute Gasteiger partial charge is 0.225 e. The molecule has 4 nitrogen and oxygen atoms in total. The van der Waals surface area contributed by atoms with Gasteiger partial charge in [0, 0.05) is 10.3 Å². The standard InChI is InChI=1S/C22H26N4S/c1-12-2-3-16-17(4-12)27-20-18(16)19-24-21(25-26(19)11-23-20)22-8-13-5-14(9-22)7-15(6-13)10-22/h11-15H,2-10H2,1H3. The molecule has 0 saturated heterocycles. The molecule has 140 valence electrons. The highest BCUT2D eigenvalue weighted by Crippen LogP contribution is 2.60.